The standard InChI is InChI=1S/C43H46F4N8O5S/c1-22-31(43(45,46)47)34(50-39(48-22)53(19-24-9-14-27(57-6)15-10-24)20-25-11-16-28(58-7)17-12-25)35-32(44)33-30-37(52-40(51-33)61-8)54-21-26-13-18-29(36(54)23(2)59-38(30)49-35)55(26)41(56)60-42(3,4)5/h9-12,14-17,23,26,29,36H,13,18-21H2,1-8H3/t23-,26+,29-,36+/m0/s1. The van der Waals surface area contributed by atoms with E-state index in [1.807, 2.05) is 49.9 Å². The number of rotatable bonds is 9. The van der Waals surface area contributed by atoms with Crippen LogP contribution in [0.3, 0.4) is 0 Å². The van der Waals surface area contributed by atoms with Gasteiger partial charge in [-0.05, 0) is 89.1 Å². The van der Waals surface area contributed by atoms with Crippen molar-refractivity contribution in [3.8, 4) is 28.8 Å². The number of carbonyl (C=O) groups excluding carboxylic acids is 1. The Morgan fingerprint density at radius 3 is 2.08 bits per heavy atom. The van der Waals surface area contributed by atoms with Gasteiger partial charge >= 0.3 is 12.3 Å². The van der Waals surface area contributed by atoms with Crippen molar-refractivity contribution in [1.82, 2.24) is 29.8 Å². The molecule has 61 heavy (non-hydrogen) atoms. The first-order valence-electron chi connectivity index (χ1n) is 19.8. The van der Waals surface area contributed by atoms with Gasteiger partial charge in [0.25, 0.3) is 0 Å². The number of aromatic nitrogens is 5. The van der Waals surface area contributed by atoms with Crippen LogP contribution in [0.15, 0.2) is 53.7 Å². The Balaban J connectivity index is 1.28. The molecular formula is C43H46F4N8O5S. The monoisotopic (exact) mass is 862 g/mol. The number of piperazine rings is 1. The van der Waals surface area contributed by atoms with Crippen molar-refractivity contribution >= 4 is 40.5 Å². The van der Waals surface area contributed by atoms with E-state index in [4.69, 9.17) is 23.9 Å². The number of pyridine rings is 1. The average molecular weight is 863 g/mol. The van der Waals surface area contributed by atoms with Crippen molar-refractivity contribution in [2.45, 2.75) is 102 Å². The summed E-state index contributed by atoms with van der Waals surface area (Å²) in [4.78, 5) is 41.9. The van der Waals surface area contributed by atoms with Gasteiger partial charge < -0.3 is 28.7 Å². The predicted octanol–water partition coefficient (Wildman–Crippen LogP) is 8.63. The third kappa shape index (κ3) is 8.01. The van der Waals surface area contributed by atoms with Gasteiger partial charge in [0.05, 0.1) is 38.0 Å². The predicted molar refractivity (Wildman–Crippen MR) is 222 cm³/mol. The molecule has 4 atom stereocenters. The minimum atomic E-state index is -5.01. The highest BCUT2D eigenvalue weighted by Crippen LogP contribution is 2.48. The lowest BCUT2D eigenvalue weighted by molar-refractivity contribution is -0.138. The summed E-state index contributed by atoms with van der Waals surface area (Å²) >= 11 is 1.16. The van der Waals surface area contributed by atoms with Crippen LogP contribution in [0, 0.1) is 12.7 Å². The molecule has 0 unspecified atom stereocenters. The molecule has 0 spiro atoms. The summed E-state index contributed by atoms with van der Waals surface area (Å²) < 4.78 is 86.2. The summed E-state index contributed by atoms with van der Waals surface area (Å²) in [6.07, 6.45) is -3.06. The van der Waals surface area contributed by atoms with Crippen LogP contribution in [-0.4, -0.2) is 92.8 Å². The molecule has 5 aromatic rings. The molecule has 322 valence electrons. The fourth-order valence-electron chi connectivity index (χ4n) is 8.58. The fourth-order valence-corrected chi connectivity index (χ4v) is 8.94. The number of carbonyl (C=O) groups is 1. The van der Waals surface area contributed by atoms with Crippen molar-refractivity contribution in [2.24, 2.45) is 0 Å². The highest BCUT2D eigenvalue weighted by Gasteiger charge is 2.54. The summed E-state index contributed by atoms with van der Waals surface area (Å²) in [5, 5.41) is 0.319. The first kappa shape index (κ1) is 42.1. The van der Waals surface area contributed by atoms with Crippen LogP contribution in [0.2, 0.25) is 0 Å². The van der Waals surface area contributed by atoms with E-state index < -0.39 is 58.5 Å². The number of hydrogen-bond acceptors (Lipinski definition) is 13. The third-order valence-corrected chi connectivity index (χ3v) is 11.7. The molecule has 6 heterocycles. The van der Waals surface area contributed by atoms with E-state index in [0.29, 0.717) is 36.7 Å². The van der Waals surface area contributed by atoms with Gasteiger partial charge in [-0.2, -0.15) is 13.2 Å². The average Bonchev–Trinajstić information content (AvgIpc) is 3.46. The first-order chi connectivity index (χ1) is 29.0. The molecule has 0 N–H and O–H groups in total. The second-order valence-electron chi connectivity index (χ2n) is 16.4. The van der Waals surface area contributed by atoms with Crippen molar-refractivity contribution in [3.05, 3.63) is 76.7 Å². The van der Waals surface area contributed by atoms with Crippen LogP contribution < -0.4 is 24.0 Å². The van der Waals surface area contributed by atoms with Crippen LogP contribution in [0.4, 0.5) is 34.1 Å². The number of alkyl halides is 3. The van der Waals surface area contributed by atoms with Gasteiger partial charge in [-0.3, -0.25) is 4.90 Å². The Kier molecular flexibility index (Phi) is 11.0. The molecule has 2 saturated heterocycles. The summed E-state index contributed by atoms with van der Waals surface area (Å²) in [5.74, 6) is 0.243. The lowest BCUT2D eigenvalue weighted by Crippen LogP contribution is -2.65. The summed E-state index contributed by atoms with van der Waals surface area (Å²) in [6, 6.07) is 13.4. The molecule has 3 aromatic heterocycles. The van der Waals surface area contributed by atoms with Crippen molar-refractivity contribution in [1.29, 1.82) is 0 Å². The number of ether oxygens (including phenoxy) is 4. The number of thioether (sulfide) groups is 1. The zero-order valence-electron chi connectivity index (χ0n) is 35.0. The highest BCUT2D eigenvalue weighted by atomic mass is 32.2. The molecule has 2 fully saturated rings. The maximum atomic E-state index is 17.4. The molecular weight excluding hydrogens is 817 g/mol. The zero-order chi connectivity index (χ0) is 43.5. The molecule has 2 bridgehead atoms. The quantitative estimate of drug-likeness (QED) is 0.0798. The first-order valence-corrected chi connectivity index (χ1v) is 21.1. The number of nitrogens with zero attached hydrogens (tertiary/aromatic N) is 8. The van der Waals surface area contributed by atoms with Gasteiger partial charge in [-0.25, -0.2) is 34.1 Å². The second kappa shape index (κ2) is 16.0. The van der Waals surface area contributed by atoms with Crippen LogP contribution in [0.5, 0.6) is 17.4 Å². The van der Waals surface area contributed by atoms with Crippen LogP contribution in [0.1, 0.15) is 62.9 Å². The van der Waals surface area contributed by atoms with E-state index in [1.165, 1.54) is 6.92 Å². The van der Waals surface area contributed by atoms with Gasteiger partial charge in [0.1, 0.15) is 56.9 Å². The number of amides is 1. The van der Waals surface area contributed by atoms with Crippen molar-refractivity contribution in [3.63, 3.8) is 0 Å². The van der Waals surface area contributed by atoms with Gasteiger partial charge in [0, 0.05) is 19.6 Å². The van der Waals surface area contributed by atoms with Gasteiger partial charge in [0.15, 0.2) is 11.0 Å². The molecule has 8 rings (SSSR count). The van der Waals surface area contributed by atoms with Gasteiger partial charge in [-0.1, -0.05) is 36.0 Å². The normalized spacial score (nSPS) is 19.6. The van der Waals surface area contributed by atoms with E-state index >= 15 is 17.6 Å². The minimum Gasteiger partial charge on any atom is -0.497 e. The maximum absolute atomic E-state index is 17.4. The minimum absolute atomic E-state index is 0.0860. The topological polar surface area (TPSA) is 128 Å². The number of anilines is 2. The lowest BCUT2D eigenvalue weighted by atomic mass is 9.98. The highest BCUT2D eigenvalue weighted by molar-refractivity contribution is 7.98. The third-order valence-electron chi connectivity index (χ3n) is 11.2. The molecule has 13 nitrogen and oxygen atoms in total. The summed E-state index contributed by atoms with van der Waals surface area (Å²) in [7, 11) is 3.10. The molecule has 0 aliphatic carbocycles. The van der Waals surface area contributed by atoms with Crippen LogP contribution in [0.25, 0.3) is 22.3 Å². The van der Waals surface area contributed by atoms with E-state index in [2.05, 4.69) is 19.9 Å². The molecule has 3 aliphatic heterocycles. The molecule has 18 heteroatoms. The Morgan fingerprint density at radius 1 is 0.902 bits per heavy atom. The zero-order valence-corrected chi connectivity index (χ0v) is 35.8. The maximum Gasteiger partial charge on any atom is 0.420 e. The van der Waals surface area contributed by atoms with Crippen LogP contribution in [-0.2, 0) is 24.0 Å². The Morgan fingerprint density at radius 2 is 1.52 bits per heavy atom. The smallest absolute Gasteiger partial charge is 0.420 e. The molecule has 3 aliphatic rings. The molecule has 0 saturated carbocycles. The van der Waals surface area contributed by atoms with Crippen LogP contribution >= 0.6 is 11.8 Å². The van der Waals surface area contributed by atoms with Gasteiger partial charge in [0.2, 0.25) is 11.8 Å². The number of hydrogen-bond donors (Lipinski definition) is 0. The molecule has 1 amide bonds. The largest absolute Gasteiger partial charge is 0.497 e. The van der Waals surface area contributed by atoms with Crippen molar-refractivity contribution < 1.29 is 41.3 Å². The van der Waals surface area contributed by atoms with Crippen molar-refractivity contribution in [2.75, 3.05) is 36.8 Å². The number of benzene rings is 2. The van der Waals surface area contributed by atoms with Gasteiger partial charge in [-0.15, -0.1) is 0 Å². The number of fused-ring (bicyclic) bond motifs is 5. The Labute approximate surface area is 354 Å². The van der Waals surface area contributed by atoms with E-state index in [1.54, 1.807) is 61.5 Å². The number of aryl methyl sites for hydroxylation is 1. The fraction of sp³-hybridized carbons (Fsp3) is 0.442. The summed E-state index contributed by atoms with van der Waals surface area (Å²) in [5.41, 5.74) is -2.53. The lowest BCUT2D eigenvalue weighted by Gasteiger charge is -2.48. The number of halogens is 4. The number of methoxy groups -OCH3 is 2. The van der Waals surface area contributed by atoms with E-state index in [-0.39, 0.29) is 53.1 Å². The SMILES string of the molecule is COc1ccc(CN(Cc2ccc(OC)cc2)c2nc(C)c(C(F)(F)F)c(-c3nc4c5c(nc(SC)nc5c3F)N3C[C@H]5CC[C@@H]([C@H]3[C@H](C)O4)N5C(=O)OC(C)(C)C)n2)cc1. The summed E-state index contributed by atoms with van der Waals surface area (Å²) in [6.45, 7) is 9.13. The Hall–Kier alpha value is -5.65. The second-order valence-corrected chi connectivity index (χ2v) is 17.1. The van der Waals surface area contributed by atoms with E-state index in [9.17, 15) is 4.79 Å². The molecule has 0 radical (unpaired) electrons. The Bertz CT molecular complexity index is 2420. The molecule has 2 aromatic carbocycles. The van der Waals surface area contributed by atoms with E-state index in [0.717, 1.165) is 22.9 Å².